The van der Waals surface area contributed by atoms with Gasteiger partial charge in [0.2, 0.25) is 0 Å². The van der Waals surface area contributed by atoms with E-state index in [1.165, 1.54) is 0 Å². The molecule has 0 aliphatic carbocycles. The summed E-state index contributed by atoms with van der Waals surface area (Å²) in [5, 5.41) is 3.80. The van der Waals surface area contributed by atoms with Gasteiger partial charge in [-0.1, -0.05) is 24.3 Å². The fraction of sp³-hybridized carbons (Fsp3) is 0.0435. The van der Waals surface area contributed by atoms with E-state index in [0.717, 1.165) is 33.5 Å². The molecule has 0 spiro atoms. The summed E-state index contributed by atoms with van der Waals surface area (Å²) in [6, 6.07) is 19.1. The third-order valence-corrected chi connectivity index (χ3v) is 4.76. The molecule has 0 atom stereocenters. The van der Waals surface area contributed by atoms with Crippen LogP contribution in [0, 0.1) is 0 Å². The number of pyridine rings is 3. The molecule has 29 heavy (non-hydrogen) atoms. The molecular formula is C23H17N5O. The highest BCUT2D eigenvalue weighted by Crippen LogP contribution is 2.24. The lowest BCUT2D eigenvalue weighted by atomic mass is 10.0. The monoisotopic (exact) mass is 379 g/mol. The lowest BCUT2D eigenvalue weighted by Gasteiger charge is -2.10. The molecule has 1 aromatic carbocycles. The van der Waals surface area contributed by atoms with E-state index < -0.39 is 0 Å². The first-order chi connectivity index (χ1) is 14.3. The van der Waals surface area contributed by atoms with Gasteiger partial charge >= 0.3 is 0 Å². The molecule has 4 aromatic heterocycles. The third kappa shape index (κ3) is 3.32. The summed E-state index contributed by atoms with van der Waals surface area (Å²) in [6.45, 7) is 0.347. The van der Waals surface area contributed by atoms with Gasteiger partial charge in [-0.2, -0.15) is 0 Å². The predicted octanol–water partition coefficient (Wildman–Crippen LogP) is 3.87. The number of rotatable bonds is 4. The van der Waals surface area contributed by atoms with Crippen molar-refractivity contribution in [3.63, 3.8) is 0 Å². The molecule has 6 nitrogen and oxygen atoms in total. The maximum Gasteiger partial charge on any atom is 0.252 e. The fourth-order valence-electron chi connectivity index (χ4n) is 3.36. The standard InChI is InChI=1S/C23H17N5O/c29-23(25-14-17-15-28-11-4-3-9-22(28)26-17)19-12-21(16-6-5-10-24-13-16)27-20-8-2-1-7-18(19)20/h1-13,15H,14H2,(H,25,29). The Kier molecular flexibility index (Phi) is 4.22. The Hall–Kier alpha value is -4.06. The topological polar surface area (TPSA) is 72.2 Å². The first kappa shape index (κ1) is 17.1. The zero-order chi connectivity index (χ0) is 19.6. The fourth-order valence-corrected chi connectivity index (χ4v) is 3.36. The van der Waals surface area contributed by atoms with Crippen LogP contribution >= 0.6 is 0 Å². The second kappa shape index (κ2) is 7.16. The molecule has 5 rings (SSSR count). The van der Waals surface area contributed by atoms with Crippen molar-refractivity contribution in [1.82, 2.24) is 24.7 Å². The number of imidazole rings is 1. The van der Waals surface area contributed by atoms with Gasteiger partial charge in [0.05, 0.1) is 29.0 Å². The average molecular weight is 379 g/mol. The molecule has 0 fully saturated rings. The van der Waals surface area contributed by atoms with Gasteiger partial charge in [-0.25, -0.2) is 9.97 Å². The number of para-hydroxylation sites is 1. The van der Waals surface area contributed by atoms with Crippen LogP contribution in [0.2, 0.25) is 0 Å². The molecule has 6 heteroatoms. The second-order valence-corrected chi connectivity index (χ2v) is 6.69. The summed E-state index contributed by atoms with van der Waals surface area (Å²) in [7, 11) is 0. The molecule has 0 radical (unpaired) electrons. The van der Waals surface area contributed by atoms with Crippen LogP contribution in [-0.4, -0.2) is 25.3 Å². The van der Waals surface area contributed by atoms with Gasteiger partial charge < -0.3 is 9.72 Å². The molecule has 0 aliphatic heterocycles. The van der Waals surface area contributed by atoms with Gasteiger partial charge in [-0.15, -0.1) is 0 Å². The Balaban J connectivity index is 1.48. The normalized spacial score (nSPS) is 11.0. The van der Waals surface area contributed by atoms with Gasteiger partial charge in [-0.3, -0.25) is 9.78 Å². The van der Waals surface area contributed by atoms with Gasteiger partial charge in [-0.05, 0) is 36.4 Å². The summed E-state index contributed by atoms with van der Waals surface area (Å²) >= 11 is 0. The minimum atomic E-state index is -0.161. The van der Waals surface area contributed by atoms with Crippen LogP contribution in [0.25, 0.3) is 27.8 Å². The van der Waals surface area contributed by atoms with Crippen molar-refractivity contribution in [1.29, 1.82) is 0 Å². The molecule has 1 N–H and O–H groups in total. The summed E-state index contributed by atoms with van der Waals surface area (Å²) in [4.78, 5) is 26.4. The minimum Gasteiger partial charge on any atom is -0.346 e. The maximum atomic E-state index is 13.0. The van der Waals surface area contributed by atoms with Crippen LogP contribution < -0.4 is 5.32 Å². The number of nitrogens with one attached hydrogen (secondary N) is 1. The molecule has 0 saturated carbocycles. The van der Waals surface area contributed by atoms with Crippen LogP contribution in [0.1, 0.15) is 16.1 Å². The molecule has 0 aliphatic rings. The lowest BCUT2D eigenvalue weighted by Crippen LogP contribution is -2.23. The number of nitrogens with zero attached hydrogens (tertiary/aromatic N) is 4. The van der Waals surface area contributed by atoms with E-state index in [1.807, 2.05) is 77.5 Å². The van der Waals surface area contributed by atoms with Crippen molar-refractivity contribution >= 4 is 22.5 Å². The molecule has 4 heterocycles. The summed E-state index contributed by atoms with van der Waals surface area (Å²) in [5.41, 5.74) is 4.59. The van der Waals surface area contributed by atoms with E-state index in [2.05, 4.69) is 15.3 Å². The zero-order valence-electron chi connectivity index (χ0n) is 15.5. The average Bonchev–Trinajstić information content (AvgIpc) is 3.20. The van der Waals surface area contributed by atoms with Crippen molar-refractivity contribution in [2.24, 2.45) is 0 Å². The van der Waals surface area contributed by atoms with E-state index in [1.54, 1.807) is 12.4 Å². The van der Waals surface area contributed by atoms with Crippen LogP contribution in [0.3, 0.4) is 0 Å². The molecule has 140 valence electrons. The molecular weight excluding hydrogens is 362 g/mol. The molecule has 0 unspecified atom stereocenters. The van der Waals surface area contributed by atoms with E-state index in [9.17, 15) is 4.79 Å². The minimum absolute atomic E-state index is 0.161. The number of amides is 1. The lowest BCUT2D eigenvalue weighted by molar-refractivity contribution is 0.0952. The van der Waals surface area contributed by atoms with Gasteiger partial charge in [0, 0.05) is 35.7 Å². The van der Waals surface area contributed by atoms with E-state index in [4.69, 9.17) is 4.98 Å². The van der Waals surface area contributed by atoms with Crippen LogP contribution in [-0.2, 0) is 6.54 Å². The van der Waals surface area contributed by atoms with Crippen molar-refractivity contribution in [3.05, 3.63) is 96.7 Å². The Labute approximate surface area is 166 Å². The summed E-state index contributed by atoms with van der Waals surface area (Å²) < 4.78 is 1.93. The summed E-state index contributed by atoms with van der Waals surface area (Å²) in [5.74, 6) is -0.161. The second-order valence-electron chi connectivity index (χ2n) is 6.69. The highest BCUT2D eigenvalue weighted by atomic mass is 16.1. The van der Waals surface area contributed by atoms with Gasteiger partial charge in [0.1, 0.15) is 5.65 Å². The Morgan fingerprint density at radius 3 is 2.76 bits per heavy atom. The Morgan fingerprint density at radius 2 is 1.90 bits per heavy atom. The van der Waals surface area contributed by atoms with Crippen molar-refractivity contribution in [3.8, 4) is 11.3 Å². The molecule has 0 bridgehead atoms. The van der Waals surface area contributed by atoms with Gasteiger partial charge in [0.15, 0.2) is 0 Å². The van der Waals surface area contributed by atoms with E-state index in [0.29, 0.717) is 12.1 Å². The number of hydrogen-bond acceptors (Lipinski definition) is 4. The first-order valence-corrected chi connectivity index (χ1v) is 9.29. The number of fused-ring (bicyclic) bond motifs is 2. The van der Waals surface area contributed by atoms with Crippen molar-refractivity contribution in [2.75, 3.05) is 0 Å². The largest absolute Gasteiger partial charge is 0.346 e. The van der Waals surface area contributed by atoms with Crippen LogP contribution in [0.5, 0.6) is 0 Å². The molecule has 1 amide bonds. The van der Waals surface area contributed by atoms with Gasteiger partial charge in [0.25, 0.3) is 5.91 Å². The first-order valence-electron chi connectivity index (χ1n) is 9.29. The number of carbonyl (C=O) groups excluding carboxylic acids is 1. The van der Waals surface area contributed by atoms with E-state index >= 15 is 0 Å². The summed E-state index contributed by atoms with van der Waals surface area (Å²) in [6.07, 6.45) is 7.31. The molecule has 5 aromatic rings. The quantitative estimate of drug-likeness (QED) is 0.514. The Bertz CT molecular complexity index is 1290. The SMILES string of the molecule is O=C(NCc1cn2ccccc2n1)c1cc(-c2cccnc2)nc2ccccc12. The Morgan fingerprint density at radius 1 is 1.00 bits per heavy atom. The smallest absolute Gasteiger partial charge is 0.252 e. The number of hydrogen-bond donors (Lipinski definition) is 1. The zero-order valence-corrected chi connectivity index (χ0v) is 15.5. The highest BCUT2D eigenvalue weighted by Gasteiger charge is 2.14. The molecule has 0 saturated heterocycles. The van der Waals surface area contributed by atoms with Crippen molar-refractivity contribution < 1.29 is 4.79 Å². The van der Waals surface area contributed by atoms with Crippen molar-refractivity contribution in [2.45, 2.75) is 6.54 Å². The maximum absolute atomic E-state index is 13.0. The van der Waals surface area contributed by atoms with E-state index in [-0.39, 0.29) is 5.91 Å². The van der Waals surface area contributed by atoms with Crippen LogP contribution in [0.15, 0.2) is 85.5 Å². The number of aromatic nitrogens is 4. The number of benzene rings is 1. The highest BCUT2D eigenvalue weighted by molar-refractivity contribution is 6.07. The third-order valence-electron chi connectivity index (χ3n) is 4.76. The number of carbonyl (C=O) groups is 1. The van der Waals surface area contributed by atoms with Crippen LogP contribution in [0.4, 0.5) is 0 Å². The predicted molar refractivity (Wildman–Crippen MR) is 111 cm³/mol.